The van der Waals surface area contributed by atoms with Crippen LogP contribution >= 0.6 is 0 Å². The average Bonchev–Trinajstić information content (AvgIpc) is 2.42. The molecule has 2 aromatic rings. The summed E-state index contributed by atoms with van der Waals surface area (Å²) in [7, 11) is 0. The SMILES string of the molecule is N#Cc1ccc(OCCc2ccccc2N)c(F)c1. The molecule has 0 saturated heterocycles. The Morgan fingerprint density at radius 2 is 2.00 bits per heavy atom. The zero-order valence-electron chi connectivity index (χ0n) is 10.3. The van der Waals surface area contributed by atoms with E-state index in [4.69, 9.17) is 15.7 Å². The van der Waals surface area contributed by atoms with Crippen LogP contribution in [0.3, 0.4) is 0 Å². The van der Waals surface area contributed by atoms with Gasteiger partial charge in [0.15, 0.2) is 11.6 Å². The second-order valence-corrected chi connectivity index (χ2v) is 4.05. The third-order valence-electron chi connectivity index (χ3n) is 2.75. The second kappa shape index (κ2) is 5.87. The highest BCUT2D eigenvalue weighted by atomic mass is 19.1. The summed E-state index contributed by atoms with van der Waals surface area (Å²) >= 11 is 0. The summed E-state index contributed by atoms with van der Waals surface area (Å²) in [6.07, 6.45) is 0.603. The number of rotatable bonds is 4. The van der Waals surface area contributed by atoms with Gasteiger partial charge in [-0.2, -0.15) is 5.26 Å². The molecular weight excluding hydrogens is 243 g/mol. The molecule has 2 rings (SSSR count). The van der Waals surface area contributed by atoms with E-state index in [2.05, 4.69) is 0 Å². The van der Waals surface area contributed by atoms with Crippen molar-refractivity contribution in [2.24, 2.45) is 0 Å². The molecule has 2 aromatic carbocycles. The van der Waals surface area contributed by atoms with Gasteiger partial charge in [-0.3, -0.25) is 0 Å². The predicted molar refractivity (Wildman–Crippen MR) is 71.2 cm³/mol. The smallest absolute Gasteiger partial charge is 0.166 e. The minimum atomic E-state index is -0.528. The number of para-hydroxylation sites is 1. The lowest BCUT2D eigenvalue weighted by atomic mass is 10.1. The lowest BCUT2D eigenvalue weighted by molar-refractivity contribution is 0.305. The zero-order valence-corrected chi connectivity index (χ0v) is 10.3. The van der Waals surface area contributed by atoms with Gasteiger partial charge in [-0.15, -0.1) is 0 Å². The van der Waals surface area contributed by atoms with Gasteiger partial charge in [0.05, 0.1) is 18.2 Å². The van der Waals surface area contributed by atoms with Crippen molar-refractivity contribution in [2.75, 3.05) is 12.3 Å². The van der Waals surface area contributed by atoms with E-state index in [9.17, 15) is 4.39 Å². The van der Waals surface area contributed by atoms with Gasteiger partial charge < -0.3 is 10.5 Å². The molecule has 0 bridgehead atoms. The summed E-state index contributed by atoms with van der Waals surface area (Å²) in [5, 5.41) is 8.64. The van der Waals surface area contributed by atoms with Crippen molar-refractivity contribution in [1.82, 2.24) is 0 Å². The van der Waals surface area contributed by atoms with Crippen molar-refractivity contribution in [2.45, 2.75) is 6.42 Å². The maximum atomic E-state index is 13.5. The third kappa shape index (κ3) is 3.23. The van der Waals surface area contributed by atoms with Crippen molar-refractivity contribution in [1.29, 1.82) is 5.26 Å². The van der Waals surface area contributed by atoms with E-state index in [0.717, 1.165) is 11.6 Å². The van der Waals surface area contributed by atoms with E-state index in [-0.39, 0.29) is 11.3 Å². The zero-order chi connectivity index (χ0) is 13.7. The molecule has 19 heavy (non-hydrogen) atoms. The minimum Gasteiger partial charge on any atom is -0.490 e. The molecule has 96 valence electrons. The predicted octanol–water partition coefficient (Wildman–Crippen LogP) is 2.90. The Kier molecular flexibility index (Phi) is 3.99. The summed E-state index contributed by atoms with van der Waals surface area (Å²) < 4.78 is 18.9. The van der Waals surface area contributed by atoms with Crippen LogP contribution in [0.25, 0.3) is 0 Å². The highest BCUT2D eigenvalue weighted by molar-refractivity contribution is 5.46. The molecule has 0 heterocycles. The molecule has 3 nitrogen and oxygen atoms in total. The van der Waals surface area contributed by atoms with Crippen LogP contribution in [-0.2, 0) is 6.42 Å². The lowest BCUT2D eigenvalue weighted by Crippen LogP contribution is -2.04. The summed E-state index contributed by atoms with van der Waals surface area (Å²) in [6.45, 7) is 0.330. The number of nitriles is 1. The van der Waals surface area contributed by atoms with Crippen LogP contribution in [0.5, 0.6) is 5.75 Å². The number of halogens is 1. The summed E-state index contributed by atoms with van der Waals surface area (Å²) in [5.41, 5.74) is 7.75. The molecule has 2 N–H and O–H groups in total. The molecular formula is C15H13FN2O. The van der Waals surface area contributed by atoms with E-state index >= 15 is 0 Å². The van der Waals surface area contributed by atoms with Crippen molar-refractivity contribution in [3.63, 3.8) is 0 Å². The Balaban J connectivity index is 1.97. The number of benzene rings is 2. The van der Waals surface area contributed by atoms with Crippen LogP contribution < -0.4 is 10.5 Å². The van der Waals surface area contributed by atoms with Gasteiger partial charge in [-0.05, 0) is 29.8 Å². The van der Waals surface area contributed by atoms with Crippen molar-refractivity contribution < 1.29 is 9.13 Å². The van der Waals surface area contributed by atoms with Gasteiger partial charge in [-0.1, -0.05) is 18.2 Å². The second-order valence-electron chi connectivity index (χ2n) is 4.05. The van der Waals surface area contributed by atoms with E-state index < -0.39 is 5.82 Å². The molecule has 0 radical (unpaired) electrons. The first-order valence-electron chi connectivity index (χ1n) is 5.86. The average molecular weight is 256 g/mol. The van der Waals surface area contributed by atoms with Crippen LogP contribution in [0.1, 0.15) is 11.1 Å². The normalized spacial score (nSPS) is 9.89. The van der Waals surface area contributed by atoms with Gasteiger partial charge in [0.2, 0.25) is 0 Å². The largest absolute Gasteiger partial charge is 0.490 e. The van der Waals surface area contributed by atoms with Crippen LogP contribution in [0, 0.1) is 17.1 Å². The first kappa shape index (κ1) is 12.9. The highest BCUT2D eigenvalue weighted by Gasteiger charge is 2.05. The number of nitrogens with two attached hydrogens (primary N) is 1. The summed E-state index contributed by atoms with van der Waals surface area (Å²) in [5.74, 6) is -0.381. The quantitative estimate of drug-likeness (QED) is 0.856. The minimum absolute atomic E-state index is 0.147. The molecule has 0 atom stereocenters. The molecule has 0 aliphatic heterocycles. The number of hydrogen-bond donors (Lipinski definition) is 1. The number of nitrogen functional groups attached to an aromatic ring is 1. The maximum Gasteiger partial charge on any atom is 0.166 e. The number of anilines is 1. The Morgan fingerprint density at radius 1 is 1.21 bits per heavy atom. The molecule has 0 saturated carbocycles. The number of ether oxygens (including phenoxy) is 1. The van der Waals surface area contributed by atoms with Crippen molar-refractivity contribution in [3.05, 3.63) is 59.4 Å². The van der Waals surface area contributed by atoms with Gasteiger partial charge >= 0.3 is 0 Å². The van der Waals surface area contributed by atoms with Crippen molar-refractivity contribution >= 4 is 5.69 Å². The van der Waals surface area contributed by atoms with E-state index in [0.29, 0.717) is 18.7 Å². The molecule has 0 spiro atoms. The van der Waals surface area contributed by atoms with Gasteiger partial charge in [0.1, 0.15) is 0 Å². The van der Waals surface area contributed by atoms with Gasteiger partial charge in [-0.25, -0.2) is 4.39 Å². The van der Waals surface area contributed by atoms with Crippen LogP contribution in [0.15, 0.2) is 42.5 Å². The molecule has 0 aliphatic carbocycles. The lowest BCUT2D eigenvalue weighted by Gasteiger charge is -2.08. The fourth-order valence-electron chi connectivity index (χ4n) is 1.72. The van der Waals surface area contributed by atoms with E-state index in [1.165, 1.54) is 12.1 Å². The van der Waals surface area contributed by atoms with Crippen LogP contribution in [-0.4, -0.2) is 6.61 Å². The summed E-state index contributed by atoms with van der Waals surface area (Å²) in [6, 6.07) is 13.5. The maximum absolute atomic E-state index is 13.5. The molecule has 4 heteroatoms. The first-order chi connectivity index (χ1) is 9.20. The van der Waals surface area contributed by atoms with E-state index in [1.54, 1.807) is 0 Å². The van der Waals surface area contributed by atoms with E-state index in [1.807, 2.05) is 30.3 Å². The van der Waals surface area contributed by atoms with Crippen LogP contribution in [0.4, 0.5) is 10.1 Å². The number of nitrogens with zero attached hydrogens (tertiary/aromatic N) is 1. The number of hydrogen-bond acceptors (Lipinski definition) is 3. The molecule has 0 amide bonds. The molecule has 0 aromatic heterocycles. The molecule has 0 unspecified atom stereocenters. The summed E-state index contributed by atoms with van der Waals surface area (Å²) in [4.78, 5) is 0. The fraction of sp³-hybridized carbons (Fsp3) is 0.133. The topological polar surface area (TPSA) is 59.0 Å². The van der Waals surface area contributed by atoms with Gasteiger partial charge in [0, 0.05) is 12.1 Å². The fourth-order valence-corrected chi connectivity index (χ4v) is 1.72. The molecule has 0 fully saturated rings. The van der Waals surface area contributed by atoms with Crippen molar-refractivity contribution in [3.8, 4) is 11.8 Å². The Hall–Kier alpha value is -2.54. The van der Waals surface area contributed by atoms with Gasteiger partial charge in [0.25, 0.3) is 0 Å². The highest BCUT2D eigenvalue weighted by Crippen LogP contribution is 2.19. The Morgan fingerprint density at radius 3 is 2.68 bits per heavy atom. The van der Waals surface area contributed by atoms with Crippen LogP contribution in [0.2, 0.25) is 0 Å². The third-order valence-corrected chi connectivity index (χ3v) is 2.75. The monoisotopic (exact) mass is 256 g/mol. The molecule has 0 aliphatic rings. The standard InChI is InChI=1S/C15H13FN2O/c16-13-9-11(10-17)5-6-15(13)19-8-7-12-3-1-2-4-14(12)18/h1-6,9H,7-8,18H2. The Bertz CT molecular complexity index is 620. The Labute approximate surface area is 111 Å². The first-order valence-corrected chi connectivity index (χ1v) is 5.86.